The first-order valence-electron chi connectivity index (χ1n) is 11.3. The van der Waals surface area contributed by atoms with Crippen molar-refractivity contribution in [2.75, 3.05) is 59.4 Å². The third-order valence-corrected chi connectivity index (χ3v) is 6.81. The Morgan fingerprint density at radius 1 is 1.11 bits per heavy atom. The molecule has 2 unspecified atom stereocenters. The Morgan fingerprint density at radius 3 is 2.46 bits per heavy atom. The lowest BCUT2D eigenvalue weighted by molar-refractivity contribution is -0.134. The monoisotopic (exact) mass is 392 g/mol. The number of likely N-dealkylation sites (N-methyl/N-ethyl adjacent to an activating group) is 1. The highest BCUT2D eigenvalue weighted by Gasteiger charge is 2.32. The summed E-state index contributed by atoms with van der Waals surface area (Å²) in [6.07, 6.45) is 5.61. The minimum atomic E-state index is 0.283. The van der Waals surface area contributed by atoms with E-state index in [1.165, 1.54) is 25.9 Å². The molecule has 0 radical (unpaired) electrons. The van der Waals surface area contributed by atoms with Gasteiger partial charge in [0.25, 0.3) is 0 Å². The molecule has 1 amide bonds. The molecular formula is C21H40N6O. The Hall–Kier alpha value is -1.34. The number of nitrogens with zero attached hydrogens (tertiary/aromatic N) is 4. The highest BCUT2D eigenvalue weighted by Crippen LogP contribution is 2.27. The fraction of sp³-hybridized carbons (Fsp3) is 0.905. The van der Waals surface area contributed by atoms with Gasteiger partial charge < -0.3 is 20.4 Å². The van der Waals surface area contributed by atoms with E-state index in [1.807, 2.05) is 7.05 Å². The molecule has 3 aliphatic rings. The van der Waals surface area contributed by atoms with Gasteiger partial charge in [0.15, 0.2) is 5.96 Å². The molecule has 2 N–H and O–H groups in total. The molecule has 28 heavy (non-hydrogen) atoms. The molecule has 2 aliphatic heterocycles. The van der Waals surface area contributed by atoms with Crippen molar-refractivity contribution >= 4 is 11.9 Å². The number of rotatable bonds is 6. The van der Waals surface area contributed by atoms with Gasteiger partial charge in [0.2, 0.25) is 5.91 Å². The van der Waals surface area contributed by atoms with Crippen LogP contribution >= 0.6 is 0 Å². The van der Waals surface area contributed by atoms with Crippen LogP contribution in [-0.2, 0) is 4.79 Å². The van der Waals surface area contributed by atoms with Gasteiger partial charge in [-0.2, -0.15) is 0 Å². The zero-order valence-electron chi connectivity index (χ0n) is 18.1. The van der Waals surface area contributed by atoms with E-state index in [4.69, 9.17) is 0 Å². The zero-order valence-corrected chi connectivity index (χ0v) is 18.1. The van der Waals surface area contributed by atoms with Crippen LogP contribution in [0, 0.1) is 5.92 Å². The normalized spacial score (nSPS) is 26.6. The standard InChI is InChI=1S/C21H40N6O/c1-4-25-11-13-26(14-12-25)17(2)15-23-21(22-3)24-19-9-10-27(16-19)20(28)18-7-5-6-8-18/h17-19H,4-16H2,1-3H3,(H2,22,23,24). The van der Waals surface area contributed by atoms with Crippen molar-refractivity contribution < 1.29 is 4.79 Å². The van der Waals surface area contributed by atoms with Crippen LogP contribution in [0.5, 0.6) is 0 Å². The Kier molecular flexibility index (Phi) is 7.97. The number of carbonyl (C=O) groups excluding carboxylic acids is 1. The fourth-order valence-electron chi connectivity index (χ4n) is 4.79. The Labute approximate surface area is 170 Å². The van der Waals surface area contributed by atoms with Crippen molar-refractivity contribution in [2.45, 2.75) is 58.0 Å². The summed E-state index contributed by atoms with van der Waals surface area (Å²) in [6.45, 7) is 12.9. The van der Waals surface area contributed by atoms with Gasteiger partial charge in [0.05, 0.1) is 0 Å². The predicted octanol–water partition coefficient (Wildman–Crippen LogP) is 0.969. The van der Waals surface area contributed by atoms with Crippen LogP contribution in [0.2, 0.25) is 0 Å². The number of guanidine groups is 1. The molecule has 0 spiro atoms. The van der Waals surface area contributed by atoms with E-state index < -0.39 is 0 Å². The first kappa shape index (κ1) is 21.4. The smallest absolute Gasteiger partial charge is 0.225 e. The highest BCUT2D eigenvalue weighted by molar-refractivity contribution is 5.81. The van der Waals surface area contributed by atoms with E-state index in [-0.39, 0.29) is 5.92 Å². The number of nitrogens with one attached hydrogen (secondary N) is 2. The summed E-state index contributed by atoms with van der Waals surface area (Å²) in [7, 11) is 1.83. The third kappa shape index (κ3) is 5.60. The van der Waals surface area contributed by atoms with Gasteiger partial charge in [0.1, 0.15) is 0 Å². The van der Waals surface area contributed by atoms with Gasteiger partial charge in [-0.3, -0.25) is 14.7 Å². The summed E-state index contributed by atoms with van der Waals surface area (Å²) in [6, 6.07) is 0.793. The van der Waals surface area contributed by atoms with Gasteiger partial charge in [-0.25, -0.2) is 0 Å². The van der Waals surface area contributed by atoms with Crippen LogP contribution in [-0.4, -0.2) is 98.1 Å². The molecule has 0 aromatic carbocycles. The molecule has 1 aliphatic carbocycles. The summed E-state index contributed by atoms with van der Waals surface area (Å²) in [5, 5.41) is 7.03. The van der Waals surface area contributed by atoms with Crippen molar-refractivity contribution in [3.8, 4) is 0 Å². The van der Waals surface area contributed by atoms with E-state index in [9.17, 15) is 4.79 Å². The molecular weight excluding hydrogens is 352 g/mol. The predicted molar refractivity (Wildman–Crippen MR) is 115 cm³/mol. The van der Waals surface area contributed by atoms with Crippen LogP contribution in [0.25, 0.3) is 0 Å². The molecule has 2 saturated heterocycles. The molecule has 7 nitrogen and oxygen atoms in total. The Balaban J connectivity index is 1.38. The molecule has 2 heterocycles. The quantitative estimate of drug-likeness (QED) is 0.521. The first-order valence-corrected chi connectivity index (χ1v) is 11.3. The maximum Gasteiger partial charge on any atom is 0.225 e. The lowest BCUT2D eigenvalue weighted by Gasteiger charge is -2.37. The number of aliphatic imine (C=N–C) groups is 1. The number of hydrogen-bond acceptors (Lipinski definition) is 4. The number of likely N-dealkylation sites (tertiary alicyclic amines) is 1. The largest absolute Gasteiger partial charge is 0.355 e. The maximum absolute atomic E-state index is 12.6. The van der Waals surface area contributed by atoms with Crippen LogP contribution in [0.4, 0.5) is 0 Å². The maximum atomic E-state index is 12.6. The number of piperazine rings is 1. The minimum Gasteiger partial charge on any atom is -0.355 e. The second-order valence-electron chi connectivity index (χ2n) is 8.67. The fourth-order valence-corrected chi connectivity index (χ4v) is 4.79. The summed E-state index contributed by atoms with van der Waals surface area (Å²) in [5.41, 5.74) is 0. The van der Waals surface area contributed by atoms with E-state index in [0.717, 1.165) is 64.5 Å². The first-order chi connectivity index (χ1) is 13.6. The topological polar surface area (TPSA) is 63.2 Å². The van der Waals surface area contributed by atoms with Gasteiger partial charge in [-0.1, -0.05) is 19.8 Å². The van der Waals surface area contributed by atoms with E-state index in [1.54, 1.807) is 0 Å². The third-order valence-electron chi connectivity index (χ3n) is 6.81. The van der Waals surface area contributed by atoms with Crippen LogP contribution in [0.3, 0.4) is 0 Å². The Morgan fingerprint density at radius 2 is 1.82 bits per heavy atom. The highest BCUT2D eigenvalue weighted by atomic mass is 16.2. The summed E-state index contributed by atoms with van der Waals surface area (Å²) >= 11 is 0. The van der Waals surface area contributed by atoms with Gasteiger partial charge in [-0.15, -0.1) is 0 Å². The summed E-state index contributed by atoms with van der Waals surface area (Å²) in [5.74, 6) is 1.52. The average molecular weight is 393 g/mol. The molecule has 160 valence electrons. The van der Waals surface area contributed by atoms with Crippen molar-refractivity contribution in [3.63, 3.8) is 0 Å². The van der Waals surface area contributed by atoms with Crippen molar-refractivity contribution in [1.82, 2.24) is 25.3 Å². The van der Waals surface area contributed by atoms with E-state index >= 15 is 0 Å². The van der Waals surface area contributed by atoms with Crippen LogP contribution < -0.4 is 10.6 Å². The van der Waals surface area contributed by atoms with Crippen LogP contribution in [0.1, 0.15) is 46.0 Å². The lowest BCUT2D eigenvalue weighted by atomic mass is 10.1. The molecule has 0 aromatic rings. The van der Waals surface area contributed by atoms with Gasteiger partial charge in [0, 0.05) is 70.9 Å². The second-order valence-corrected chi connectivity index (χ2v) is 8.67. The lowest BCUT2D eigenvalue weighted by Crippen LogP contribution is -2.53. The minimum absolute atomic E-state index is 0.283. The van der Waals surface area contributed by atoms with Crippen molar-refractivity contribution in [3.05, 3.63) is 0 Å². The SMILES string of the molecule is CCN1CCN(C(C)CNC(=NC)NC2CCN(C(=O)C3CCCC3)C2)CC1. The van der Waals surface area contributed by atoms with Crippen LogP contribution in [0.15, 0.2) is 4.99 Å². The second kappa shape index (κ2) is 10.4. The average Bonchev–Trinajstić information content (AvgIpc) is 3.42. The molecule has 3 fully saturated rings. The number of carbonyl (C=O) groups is 1. The molecule has 2 atom stereocenters. The number of amides is 1. The van der Waals surface area contributed by atoms with Crippen molar-refractivity contribution in [2.24, 2.45) is 10.9 Å². The van der Waals surface area contributed by atoms with E-state index in [0.29, 0.717) is 18.0 Å². The van der Waals surface area contributed by atoms with Gasteiger partial charge >= 0.3 is 0 Å². The molecule has 1 saturated carbocycles. The molecule has 0 aromatic heterocycles. The Bertz CT molecular complexity index is 525. The molecule has 3 rings (SSSR count). The molecule has 0 bridgehead atoms. The summed E-state index contributed by atoms with van der Waals surface area (Å²) in [4.78, 5) is 24.2. The number of hydrogen-bond donors (Lipinski definition) is 2. The van der Waals surface area contributed by atoms with Crippen molar-refractivity contribution in [1.29, 1.82) is 0 Å². The van der Waals surface area contributed by atoms with E-state index in [2.05, 4.69) is 44.2 Å². The molecule has 7 heteroatoms. The summed E-state index contributed by atoms with van der Waals surface area (Å²) < 4.78 is 0. The van der Waals surface area contributed by atoms with Gasteiger partial charge in [-0.05, 0) is 32.7 Å². The zero-order chi connectivity index (χ0) is 19.9.